The number of nitrogens with zero attached hydrogens (tertiary/aromatic N) is 3. The van der Waals surface area contributed by atoms with Crippen molar-refractivity contribution in [3.8, 4) is 5.75 Å². The molecule has 0 saturated carbocycles. The summed E-state index contributed by atoms with van der Waals surface area (Å²) in [5.41, 5.74) is -0.131. The van der Waals surface area contributed by atoms with Crippen LogP contribution < -0.4 is 20.3 Å². The predicted molar refractivity (Wildman–Crippen MR) is 97.4 cm³/mol. The number of aryl methyl sites for hydroxylation is 1. The van der Waals surface area contributed by atoms with Gasteiger partial charge in [-0.05, 0) is 18.6 Å². The Morgan fingerprint density at radius 3 is 2.77 bits per heavy atom. The summed E-state index contributed by atoms with van der Waals surface area (Å²) < 4.78 is 68.1. The Bertz CT molecular complexity index is 962. The van der Waals surface area contributed by atoms with Gasteiger partial charge in [-0.1, -0.05) is 6.07 Å². The second-order valence-electron chi connectivity index (χ2n) is 6.72. The number of hydrogen-bond acceptors (Lipinski definition) is 4. The molecule has 13 heteroatoms. The van der Waals surface area contributed by atoms with E-state index in [4.69, 9.17) is 0 Å². The predicted octanol–water partition coefficient (Wildman–Crippen LogP) is 2.86. The van der Waals surface area contributed by atoms with Crippen LogP contribution in [-0.4, -0.2) is 40.7 Å². The van der Waals surface area contributed by atoms with Crippen molar-refractivity contribution in [1.29, 1.82) is 0 Å². The van der Waals surface area contributed by atoms with Crippen LogP contribution in [0.4, 0.5) is 32.4 Å². The van der Waals surface area contributed by atoms with Gasteiger partial charge >= 0.3 is 12.4 Å². The van der Waals surface area contributed by atoms with E-state index in [0.717, 1.165) is 12.1 Å². The second-order valence-corrected chi connectivity index (χ2v) is 6.72. The smallest absolute Gasteiger partial charge is 0.406 e. The number of hydrogen-bond donors (Lipinski definition) is 2. The molecule has 0 aliphatic carbocycles. The van der Waals surface area contributed by atoms with E-state index < -0.39 is 42.2 Å². The molecule has 2 aromatic rings. The zero-order valence-electron chi connectivity index (χ0n) is 16.1. The number of aromatic nitrogens is 2. The first-order chi connectivity index (χ1) is 14.5. The molecule has 1 aromatic heterocycles. The Hall–Kier alpha value is -3.38. The van der Waals surface area contributed by atoms with Crippen molar-refractivity contribution in [1.82, 2.24) is 20.4 Å². The maximum Gasteiger partial charge on any atom is 0.573 e. The fraction of sp³-hybridized carbons (Fsp3) is 0.389. The van der Waals surface area contributed by atoms with Crippen LogP contribution in [0.3, 0.4) is 0 Å². The lowest BCUT2D eigenvalue weighted by molar-refractivity contribution is -0.274. The van der Waals surface area contributed by atoms with Gasteiger partial charge in [0.1, 0.15) is 17.5 Å². The molecule has 1 saturated heterocycles. The number of carbonyl (C=O) groups is 2. The van der Waals surface area contributed by atoms with Gasteiger partial charge in [0.05, 0.1) is 0 Å². The number of ether oxygens (including phenoxy) is 1. The largest absolute Gasteiger partial charge is 0.573 e. The van der Waals surface area contributed by atoms with E-state index in [9.17, 15) is 31.5 Å². The summed E-state index contributed by atoms with van der Waals surface area (Å²) >= 11 is 0. The minimum atomic E-state index is -4.87. The first kappa shape index (κ1) is 22.3. The summed E-state index contributed by atoms with van der Waals surface area (Å²) in [6, 6.07) is 3.26. The highest BCUT2D eigenvalue weighted by Crippen LogP contribution is 2.29. The van der Waals surface area contributed by atoms with Crippen molar-refractivity contribution in [2.24, 2.45) is 7.05 Å². The number of halogens is 5. The molecule has 0 radical (unpaired) electrons. The maximum absolute atomic E-state index is 12.9. The summed E-state index contributed by atoms with van der Waals surface area (Å²) in [5.74, 6) is -0.993. The molecule has 1 atom stereocenters. The number of rotatable bonds is 6. The van der Waals surface area contributed by atoms with Crippen LogP contribution in [0.15, 0.2) is 30.5 Å². The van der Waals surface area contributed by atoms with E-state index in [-0.39, 0.29) is 30.8 Å². The zero-order chi connectivity index (χ0) is 22.8. The average molecular weight is 447 g/mol. The van der Waals surface area contributed by atoms with Crippen LogP contribution in [-0.2, 0) is 18.4 Å². The summed E-state index contributed by atoms with van der Waals surface area (Å²) in [5, 5.41) is 8.46. The van der Waals surface area contributed by atoms with Crippen molar-refractivity contribution in [2.75, 3.05) is 11.4 Å². The maximum atomic E-state index is 12.9. The highest BCUT2D eigenvalue weighted by Gasteiger charge is 2.35. The Morgan fingerprint density at radius 1 is 1.35 bits per heavy atom. The lowest BCUT2D eigenvalue weighted by Gasteiger charge is -2.18. The van der Waals surface area contributed by atoms with Gasteiger partial charge in [-0.15, -0.1) is 13.2 Å². The van der Waals surface area contributed by atoms with E-state index in [1.165, 1.54) is 35.0 Å². The van der Waals surface area contributed by atoms with Crippen molar-refractivity contribution in [3.05, 3.63) is 41.7 Å². The minimum absolute atomic E-state index is 0.133. The van der Waals surface area contributed by atoms with E-state index >= 15 is 0 Å². The molecule has 0 bridgehead atoms. The number of urea groups is 1. The van der Waals surface area contributed by atoms with Crippen LogP contribution in [0.5, 0.6) is 5.75 Å². The number of benzene rings is 1. The van der Waals surface area contributed by atoms with E-state index in [2.05, 4.69) is 20.5 Å². The SMILES string of the molecule is Cn1cc(CNC(=O)NC2CCN(c3cccc(OC(F)(F)F)c3)C2=O)c(C(F)F)n1. The summed E-state index contributed by atoms with van der Waals surface area (Å²) in [6.45, 7) is -0.0574. The van der Waals surface area contributed by atoms with Gasteiger partial charge < -0.3 is 20.3 Å². The van der Waals surface area contributed by atoms with Crippen LogP contribution in [0.2, 0.25) is 0 Å². The molecular weight excluding hydrogens is 429 g/mol. The van der Waals surface area contributed by atoms with Gasteiger partial charge in [-0.3, -0.25) is 9.48 Å². The standard InChI is InChI=1S/C18H18F5N5O3/c1-27-9-10(14(26-27)15(19)20)8-24-17(30)25-13-5-6-28(16(13)29)11-3-2-4-12(7-11)31-18(21,22)23/h2-4,7,9,13,15H,5-6,8H2,1H3,(H2,24,25,30). The van der Waals surface area contributed by atoms with Gasteiger partial charge in [0.15, 0.2) is 0 Å². The summed E-state index contributed by atoms with van der Waals surface area (Å²) in [7, 11) is 1.47. The molecule has 8 nitrogen and oxygen atoms in total. The zero-order valence-corrected chi connectivity index (χ0v) is 16.1. The van der Waals surface area contributed by atoms with Gasteiger partial charge in [-0.2, -0.15) is 5.10 Å². The lowest BCUT2D eigenvalue weighted by Crippen LogP contribution is -2.46. The molecule has 0 spiro atoms. The fourth-order valence-electron chi connectivity index (χ4n) is 3.18. The average Bonchev–Trinajstić information content (AvgIpc) is 3.22. The molecule has 1 aromatic carbocycles. The highest BCUT2D eigenvalue weighted by molar-refractivity contribution is 6.01. The van der Waals surface area contributed by atoms with Crippen molar-refractivity contribution in [3.63, 3.8) is 0 Å². The van der Waals surface area contributed by atoms with Gasteiger partial charge in [-0.25, -0.2) is 13.6 Å². The number of amides is 3. The lowest BCUT2D eigenvalue weighted by atomic mass is 10.2. The third kappa shape index (κ3) is 5.61. The van der Waals surface area contributed by atoms with Crippen molar-refractivity contribution >= 4 is 17.6 Å². The minimum Gasteiger partial charge on any atom is -0.406 e. The summed E-state index contributed by atoms with van der Waals surface area (Å²) in [6.07, 6.45) is -6.11. The van der Waals surface area contributed by atoms with E-state index in [0.29, 0.717) is 0 Å². The Morgan fingerprint density at radius 2 is 2.10 bits per heavy atom. The third-order valence-corrected chi connectivity index (χ3v) is 4.46. The molecule has 3 amide bonds. The molecule has 1 aliphatic heterocycles. The quantitative estimate of drug-likeness (QED) is 0.667. The van der Waals surface area contributed by atoms with Gasteiger partial charge in [0.25, 0.3) is 6.43 Å². The number of alkyl halides is 5. The molecule has 168 valence electrons. The number of nitrogens with one attached hydrogen (secondary N) is 2. The second kappa shape index (κ2) is 8.78. The first-order valence-corrected chi connectivity index (χ1v) is 9.05. The fourth-order valence-corrected chi connectivity index (χ4v) is 3.18. The Kier molecular flexibility index (Phi) is 6.32. The van der Waals surface area contributed by atoms with Crippen LogP contribution in [0.1, 0.15) is 24.1 Å². The molecule has 31 heavy (non-hydrogen) atoms. The molecule has 3 rings (SSSR count). The Balaban J connectivity index is 1.58. The molecule has 2 N–H and O–H groups in total. The van der Waals surface area contributed by atoms with Crippen molar-refractivity contribution in [2.45, 2.75) is 31.8 Å². The topological polar surface area (TPSA) is 88.5 Å². The van der Waals surface area contributed by atoms with Gasteiger partial charge in [0.2, 0.25) is 5.91 Å². The van der Waals surface area contributed by atoms with Crippen molar-refractivity contribution < 1.29 is 36.3 Å². The molecule has 2 heterocycles. The summed E-state index contributed by atoms with van der Waals surface area (Å²) in [4.78, 5) is 25.9. The van der Waals surface area contributed by atoms with E-state index in [1.54, 1.807) is 0 Å². The molecule has 1 unspecified atom stereocenters. The van der Waals surface area contributed by atoms with Crippen LogP contribution in [0, 0.1) is 0 Å². The normalized spacial score (nSPS) is 16.7. The first-order valence-electron chi connectivity index (χ1n) is 9.05. The van der Waals surface area contributed by atoms with Crippen LogP contribution >= 0.6 is 0 Å². The molecular formula is C18H18F5N5O3. The Labute approximate surface area is 172 Å². The monoisotopic (exact) mass is 447 g/mol. The third-order valence-electron chi connectivity index (χ3n) is 4.46. The highest BCUT2D eigenvalue weighted by atomic mass is 19.4. The van der Waals surface area contributed by atoms with Crippen LogP contribution in [0.25, 0.3) is 0 Å². The van der Waals surface area contributed by atoms with Gasteiger partial charge in [0, 0.05) is 43.7 Å². The van der Waals surface area contributed by atoms with E-state index in [1.807, 2.05) is 0 Å². The molecule has 1 aliphatic rings. The molecule has 1 fully saturated rings. The number of anilines is 1. The number of carbonyl (C=O) groups excluding carboxylic acids is 2.